The predicted molar refractivity (Wildman–Crippen MR) is 128 cm³/mol. The van der Waals surface area contributed by atoms with E-state index >= 15 is 0 Å². The molecule has 7 nitrogen and oxygen atoms in total. The predicted octanol–water partition coefficient (Wildman–Crippen LogP) is 4.41. The van der Waals surface area contributed by atoms with E-state index in [2.05, 4.69) is 20.8 Å². The highest BCUT2D eigenvalue weighted by Crippen LogP contribution is 2.34. The third-order valence-electron chi connectivity index (χ3n) is 5.93. The van der Waals surface area contributed by atoms with Gasteiger partial charge in [-0.1, -0.05) is 42.5 Å². The number of aryl methyl sites for hydroxylation is 1. The van der Waals surface area contributed by atoms with Crippen molar-refractivity contribution in [3.63, 3.8) is 0 Å². The Bertz CT molecular complexity index is 1230. The lowest BCUT2D eigenvalue weighted by molar-refractivity contribution is 0.102. The number of hydrogen-bond donors (Lipinski definition) is 2. The highest BCUT2D eigenvalue weighted by atomic mass is 35.5. The largest absolute Gasteiger partial charge is 0.425 e. The number of alkyl halides is 1. The van der Waals surface area contributed by atoms with Crippen molar-refractivity contribution in [2.24, 2.45) is 4.99 Å². The van der Waals surface area contributed by atoms with Gasteiger partial charge < -0.3 is 15.1 Å². The van der Waals surface area contributed by atoms with Crippen LogP contribution in [0.4, 0.5) is 5.69 Å². The number of carbonyl (C=O) groups excluding carboxylic acids is 1. The monoisotopic (exact) mass is 461 g/mol. The summed E-state index contributed by atoms with van der Waals surface area (Å²) in [6, 6.07) is 15.5. The fraction of sp³-hybridized carbons (Fsp3) is 0.280. The van der Waals surface area contributed by atoms with Crippen LogP contribution in [0.1, 0.15) is 51.6 Å². The Balaban J connectivity index is 1.30. The summed E-state index contributed by atoms with van der Waals surface area (Å²) in [5.74, 6) is 1.05. The van der Waals surface area contributed by atoms with E-state index < -0.39 is 0 Å². The normalized spacial score (nSPS) is 23.0. The number of nitrogens with zero attached hydrogens (tertiary/aromatic N) is 3. The van der Waals surface area contributed by atoms with Crippen LogP contribution in [-0.4, -0.2) is 40.3 Å². The van der Waals surface area contributed by atoms with Gasteiger partial charge in [0, 0.05) is 24.7 Å². The minimum Gasteiger partial charge on any atom is -0.425 e. The first kappa shape index (κ1) is 21.6. The fourth-order valence-corrected chi connectivity index (χ4v) is 4.66. The Morgan fingerprint density at radius 3 is 2.73 bits per heavy atom. The molecule has 0 fully saturated rings. The number of benzene rings is 2. The van der Waals surface area contributed by atoms with Gasteiger partial charge in [0.2, 0.25) is 11.8 Å². The molecule has 3 aromatic rings. The maximum absolute atomic E-state index is 12.7. The third-order valence-corrected chi connectivity index (χ3v) is 6.33. The molecule has 2 aromatic carbocycles. The van der Waals surface area contributed by atoms with E-state index in [1.54, 1.807) is 6.92 Å². The molecule has 1 amide bonds. The molecule has 1 aromatic heterocycles. The molecule has 168 valence electrons. The van der Waals surface area contributed by atoms with Crippen molar-refractivity contribution in [1.29, 1.82) is 0 Å². The number of aliphatic imine (C=N–C) groups is 1. The van der Waals surface area contributed by atoms with Crippen molar-refractivity contribution < 1.29 is 9.21 Å². The van der Waals surface area contributed by atoms with Crippen molar-refractivity contribution >= 4 is 28.9 Å². The Morgan fingerprint density at radius 2 is 1.94 bits per heavy atom. The molecule has 3 unspecified atom stereocenters. The van der Waals surface area contributed by atoms with Gasteiger partial charge in [-0.3, -0.25) is 9.79 Å². The number of hydrogen-bond acceptors (Lipinski definition) is 6. The second-order valence-electron chi connectivity index (χ2n) is 8.15. The summed E-state index contributed by atoms with van der Waals surface area (Å²) >= 11 is 6.60. The van der Waals surface area contributed by atoms with Crippen molar-refractivity contribution in [1.82, 2.24) is 15.5 Å². The third kappa shape index (κ3) is 4.47. The van der Waals surface area contributed by atoms with Crippen LogP contribution in [0, 0.1) is 6.92 Å². The van der Waals surface area contributed by atoms with E-state index in [9.17, 15) is 4.79 Å². The summed E-state index contributed by atoms with van der Waals surface area (Å²) in [5.41, 5.74) is 4.34. The number of para-hydroxylation sites is 1. The van der Waals surface area contributed by atoms with Gasteiger partial charge in [-0.2, -0.15) is 0 Å². The van der Waals surface area contributed by atoms with Gasteiger partial charge in [0.05, 0.1) is 29.6 Å². The topological polar surface area (TPSA) is 92.4 Å². The standard InChI is InChI=1S/C25H24ClN5O2/c1-15-30-31-25(33-15)16-10-11-22(20(26)14-16)27-12-13-28-23-17-6-2-3-7-18(17)24(32)29-21-9-5-4-8-19(21)23/h2-11,16,20,23,28H,12-14H2,1H3,(H,29,32). The molecule has 0 saturated heterocycles. The van der Waals surface area contributed by atoms with Gasteiger partial charge in [-0.15, -0.1) is 21.8 Å². The Morgan fingerprint density at radius 1 is 1.15 bits per heavy atom. The Kier molecular flexibility index (Phi) is 6.07. The lowest BCUT2D eigenvalue weighted by Gasteiger charge is -2.21. The first-order chi connectivity index (χ1) is 16.1. The number of halogens is 1. The minimum absolute atomic E-state index is 0.00908. The average Bonchev–Trinajstić information content (AvgIpc) is 3.22. The van der Waals surface area contributed by atoms with Crippen LogP contribution < -0.4 is 10.6 Å². The molecular formula is C25H24ClN5O2. The minimum atomic E-state index is -0.214. The molecule has 1 aliphatic heterocycles. The Hall–Kier alpha value is -3.29. The van der Waals surface area contributed by atoms with Crippen LogP contribution in [0.15, 0.2) is 70.1 Å². The zero-order valence-corrected chi connectivity index (χ0v) is 18.9. The second kappa shape index (κ2) is 9.29. The van der Waals surface area contributed by atoms with E-state index in [0.29, 0.717) is 36.9 Å². The number of allylic oxidation sites excluding steroid dienone is 2. The number of aromatic nitrogens is 2. The maximum Gasteiger partial charge on any atom is 0.256 e. The smallest absolute Gasteiger partial charge is 0.256 e. The van der Waals surface area contributed by atoms with E-state index in [1.165, 1.54) is 0 Å². The van der Waals surface area contributed by atoms with Crippen molar-refractivity contribution in [2.75, 3.05) is 18.4 Å². The Labute approximate surface area is 197 Å². The quantitative estimate of drug-likeness (QED) is 0.433. The van der Waals surface area contributed by atoms with Gasteiger partial charge in [-0.25, -0.2) is 0 Å². The number of rotatable bonds is 5. The molecular weight excluding hydrogens is 438 g/mol. The molecule has 0 radical (unpaired) electrons. The van der Waals surface area contributed by atoms with E-state index in [4.69, 9.17) is 21.0 Å². The average molecular weight is 462 g/mol. The molecule has 5 rings (SSSR count). The zero-order chi connectivity index (χ0) is 22.8. The lowest BCUT2D eigenvalue weighted by atomic mass is 9.94. The molecule has 1 aliphatic carbocycles. The number of anilines is 1. The number of amides is 1. The molecule has 2 aliphatic rings. The van der Waals surface area contributed by atoms with Gasteiger partial charge in [0.1, 0.15) is 0 Å². The van der Waals surface area contributed by atoms with Crippen LogP contribution in [0.5, 0.6) is 0 Å². The van der Waals surface area contributed by atoms with Gasteiger partial charge in [0.25, 0.3) is 5.91 Å². The SMILES string of the molecule is Cc1nnc(C2C=CC(=NCCNC3c4ccccc4NC(=O)c4ccccc43)C(Cl)C2)o1. The molecule has 8 heteroatoms. The first-order valence-electron chi connectivity index (χ1n) is 11.0. The van der Waals surface area contributed by atoms with Crippen LogP contribution in [0.2, 0.25) is 0 Å². The van der Waals surface area contributed by atoms with E-state index in [0.717, 1.165) is 22.5 Å². The summed E-state index contributed by atoms with van der Waals surface area (Å²) in [5, 5.41) is 14.4. The summed E-state index contributed by atoms with van der Waals surface area (Å²) in [6.45, 7) is 2.97. The second-order valence-corrected chi connectivity index (χ2v) is 8.68. The van der Waals surface area contributed by atoms with Crippen molar-refractivity contribution in [2.45, 2.75) is 30.7 Å². The van der Waals surface area contributed by atoms with Crippen LogP contribution in [0.3, 0.4) is 0 Å². The van der Waals surface area contributed by atoms with Crippen molar-refractivity contribution in [3.05, 3.63) is 89.2 Å². The van der Waals surface area contributed by atoms with Crippen LogP contribution in [-0.2, 0) is 0 Å². The maximum atomic E-state index is 12.7. The van der Waals surface area contributed by atoms with E-state index in [1.807, 2.05) is 60.7 Å². The lowest BCUT2D eigenvalue weighted by Crippen LogP contribution is -2.27. The number of fused-ring (bicyclic) bond motifs is 2. The molecule has 0 saturated carbocycles. The number of carbonyl (C=O) groups is 1. The van der Waals surface area contributed by atoms with Gasteiger partial charge in [0.15, 0.2) is 0 Å². The molecule has 2 heterocycles. The van der Waals surface area contributed by atoms with Crippen LogP contribution >= 0.6 is 11.6 Å². The summed E-state index contributed by atoms with van der Waals surface area (Å²) in [7, 11) is 0. The summed E-state index contributed by atoms with van der Waals surface area (Å²) in [4.78, 5) is 17.4. The van der Waals surface area contributed by atoms with E-state index in [-0.39, 0.29) is 23.2 Å². The summed E-state index contributed by atoms with van der Waals surface area (Å²) < 4.78 is 5.54. The highest BCUT2D eigenvalue weighted by molar-refractivity contribution is 6.34. The van der Waals surface area contributed by atoms with Crippen LogP contribution in [0.25, 0.3) is 0 Å². The number of nitrogens with one attached hydrogen (secondary N) is 2. The van der Waals surface area contributed by atoms with Gasteiger partial charge >= 0.3 is 0 Å². The summed E-state index contributed by atoms with van der Waals surface area (Å²) in [6.07, 6.45) is 4.64. The zero-order valence-electron chi connectivity index (χ0n) is 18.2. The highest BCUT2D eigenvalue weighted by Gasteiger charge is 2.27. The molecule has 3 atom stereocenters. The molecule has 0 bridgehead atoms. The molecule has 33 heavy (non-hydrogen) atoms. The van der Waals surface area contributed by atoms with Crippen molar-refractivity contribution in [3.8, 4) is 0 Å². The fourth-order valence-electron chi connectivity index (χ4n) is 4.33. The molecule has 2 N–H and O–H groups in total. The molecule has 0 spiro atoms. The van der Waals surface area contributed by atoms with Gasteiger partial charge in [-0.05, 0) is 35.8 Å². The first-order valence-corrected chi connectivity index (χ1v) is 11.4.